The highest BCUT2D eigenvalue weighted by Gasteiger charge is 2.29. The second-order valence-electron chi connectivity index (χ2n) is 8.67. The average molecular weight is 473 g/mol. The van der Waals surface area contributed by atoms with E-state index in [0.717, 1.165) is 55.2 Å². The van der Waals surface area contributed by atoms with Crippen molar-refractivity contribution in [2.24, 2.45) is 5.92 Å². The molecule has 1 aliphatic carbocycles. The van der Waals surface area contributed by atoms with Gasteiger partial charge in [-0.25, -0.2) is 9.97 Å². The topological polar surface area (TPSA) is 87.0 Å². The third-order valence-corrected chi connectivity index (χ3v) is 6.42. The van der Waals surface area contributed by atoms with E-state index >= 15 is 0 Å². The molecule has 33 heavy (non-hydrogen) atoms. The lowest BCUT2D eigenvalue weighted by atomic mass is 10.2. The molecule has 1 aliphatic rings. The lowest BCUT2D eigenvalue weighted by Gasteiger charge is -2.20. The van der Waals surface area contributed by atoms with Crippen LogP contribution in [0.15, 0.2) is 30.9 Å². The number of alkyl halides is 2. The van der Waals surface area contributed by atoms with Crippen molar-refractivity contribution in [3.05, 3.63) is 42.2 Å². The molecule has 1 fully saturated rings. The van der Waals surface area contributed by atoms with Gasteiger partial charge in [0.1, 0.15) is 10.7 Å². The molecule has 11 heteroatoms. The van der Waals surface area contributed by atoms with E-state index in [1.165, 1.54) is 30.6 Å². The summed E-state index contributed by atoms with van der Waals surface area (Å²) in [4.78, 5) is 11.1. The van der Waals surface area contributed by atoms with Crippen LogP contribution in [0.2, 0.25) is 0 Å². The molecule has 0 atom stereocenters. The van der Waals surface area contributed by atoms with E-state index in [2.05, 4.69) is 41.7 Å². The highest BCUT2D eigenvalue weighted by atomic mass is 32.1. The van der Waals surface area contributed by atoms with E-state index in [0.29, 0.717) is 11.3 Å². The van der Waals surface area contributed by atoms with Crippen LogP contribution in [-0.2, 0) is 12.5 Å². The molecular weight excluding hydrogens is 446 g/mol. The Morgan fingerprint density at radius 3 is 2.88 bits per heavy atom. The van der Waals surface area contributed by atoms with Crippen molar-refractivity contribution in [1.82, 2.24) is 33.8 Å². The fraction of sp³-hybridized carbons (Fsp3) is 0.455. The first-order valence-electron chi connectivity index (χ1n) is 11.1. The fourth-order valence-electron chi connectivity index (χ4n) is 3.90. The molecule has 0 radical (unpaired) electrons. The quantitative estimate of drug-likeness (QED) is 0.336. The molecule has 174 valence electrons. The molecule has 2 N–H and O–H groups in total. The van der Waals surface area contributed by atoms with Crippen LogP contribution in [0.4, 0.5) is 19.6 Å². The maximum atomic E-state index is 14.3. The van der Waals surface area contributed by atoms with Crippen LogP contribution in [0, 0.1) is 5.92 Å². The second-order valence-corrected chi connectivity index (χ2v) is 9.48. The molecule has 0 saturated heterocycles. The monoisotopic (exact) mass is 472 g/mol. The smallest absolute Gasteiger partial charge is 0.288 e. The Kier molecular flexibility index (Phi) is 5.83. The summed E-state index contributed by atoms with van der Waals surface area (Å²) in [5.41, 5.74) is 2.47. The number of halogens is 2. The standard InChI is InChI=1S/C22H26F2N8S/c1-3-6-31(11-14-4-5-14)12-16-7-19(33-30-16)29-20-21-25-10-17(15-8-26-27-9-15)32(21)13-18(28-20)22(2,23)24/h7-10,13-14H,3-6,11-12H2,1-2H3,(H,26,27)(H,28,29). The largest absolute Gasteiger partial charge is 0.328 e. The number of hydrogen-bond donors (Lipinski definition) is 2. The minimum atomic E-state index is -3.11. The molecule has 0 aliphatic heterocycles. The summed E-state index contributed by atoms with van der Waals surface area (Å²) < 4.78 is 34.7. The fourth-order valence-corrected chi connectivity index (χ4v) is 4.55. The lowest BCUT2D eigenvalue weighted by molar-refractivity contribution is 0.0124. The SMILES string of the molecule is CCCN(Cc1cc(Nc2nc(C(C)(F)F)cn3c(-c4cn[nH]c4)cnc23)sn1)CC1CC1. The van der Waals surface area contributed by atoms with Crippen LogP contribution in [0.5, 0.6) is 0 Å². The van der Waals surface area contributed by atoms with E-state index in [1.54, 1.807) is 23.0 Å². The van der Waals surface area contributed by atoms with Gasteiger partial charge in [0, 0.05) is 38.0 Å². The minimum absolute atomic E-state index is 0.266. The molecule has 0 amide bonds. The first kappa shape index (κ1) is 21.9. The van der Waals surface area contributed by atoms with Gasteiger partial charge in [0.05, 0.1) is 23.8 Å². The highest BCUT2D eigenvalue weighted by molar-refractivity contribution is 7.10. The number of nitrogens with zero attached hydrogens (tertiary/aromatic N) is 6. The molecule has 4 aromatic rings. The molecule has 5 rings (SSSR count). The number of hydrogen-bond acceptors (Lipinski definition) is 7. The van der Waals surface area contributed by atoms with Gasteiger partial charge >= 0.3 is 0 Å². The van der Waals surface area contributed by atoms with E-state index < -0.39 is 5.92 Å². The highest BCUT2D eigenvalue weighted by Crippen LogP contribution is 2.33. The van der Waals surface area contributed by atoms with Crippen LogP contribution in [0.3, 0.4) is 0 Å². The average Bonchev–Trinajstić information content (AvgIpc) is 3.15. The predicted octanol–water partition coefficient (Wildman–Crippen LogP) is 5.05. The molecule has 0 aromatic carbocycles. The summed E-state index contributed by atoms with van der Waals surface area (Å²) in [5.74, 6) is -2.03. The van der Waals surface area contributed by atoms with Gasteiger partial charge in [0.25, 0.3) is 5.92 Å². The van der Waals surface area contributed by atoms with Crippen molar-refractivity contribution in [3.8, 4) is 11.3 Å². The minimum Gasteiger partial charge on any atom is -0.328 e. The maximum absolute atomic E-state index is 14.3. The molecular formula is C22H26F2N8S. The first-order valence-corrected chi connectivity index (χ1v) is 11.9. The zero-order valence-corrected chi connectivity index (χ0v) is 19.4. The number of aromatic amines is 1. The Morgan fingerprint density at radius 1 is 1.33 bits per heavy atom. The van der Waals surface area contributed by atoms with Gasteiger partial charge in [-0.15, -0.1) is 0 Å². The Bertz CT molecular complexity index is 1220. The van der Waals surface area contributed by atoms with Crippen molar-refractivity contribution in [3.63, 3.8) is 0 Å². The summed E-state index contributed by atoms with van der Waals surface area (Å²) in [6, 6.07) is 1.97. The van der Waals surface area contributed by atoms with E-state index in [1.807, 2.05) is 6.07 Å². The predicted molar refractivity (Wildman–Crippen MR) is 124 cm³/mol. The van der Waals surface area contributed by atoms with Gasteiger partial charge in [0.2, 0.25) is 0 Å². The Morgan fingerprint density at radius 2 is 2.18 bits per heavy atom. The number of aromatic nitrogens is 6. The molecule has 8 nitrogen and oxygen atoms in total. The third-order valence-electron chi connectivity index (χ3n) is 5.68. The van der Waals surface area contributed by atoms with Crippen LogP contribution in [0.25, 0.3) is 16.9 Å². The van der Waals surface area contributed by atoms with Crippen molar-refractivity contribution < 1.29 is 8.78 Å². The van der Waals surface area contributed by atoms with Crippen LogP contribution in [-0.4, -0.2) is 46.9 Å². The Hall–Kier alpha value is -2.92. The third kappa shape index (κ3) is 4.88. The molecule has 1 saturated carbocycles. The van der Waals surface area contributed by atoms with Crippen LogP contribution in [0.1, 0.15) is 44.5 Å². The van der Waals surface area contributed by atoms with Crippen molar-refractivity contribution in [1.29, 1.82) is 0 Å². The number of H-pyrrole nitrogens is 1. The van der Waals surface area contributed by atoms with E-state index in [4.69, 9.17) is 0 Å². The van der Waals surface area contributed by atoms with Gasteiger partial charge in [0.15, 0.2) is 11.5 Å². The number of fused-ring (bicyclic) bond motifs is 1. The van der Waals surface area contributed by atoms with Gasteiger partial charge < -0.3 is 5.32 Å². The zero-order valence-electron chi connectivity index (χ0n) is 18.6. The summed E-state index contributed by atoms with van der Waals surface area (Å²) in [6.07, 6.45) is 10.0. The van der Waals surface area contributed by atoms with Gasteiger partial charge in [-0.1, -0.05) is 6.92 Å². The molecule has 4 aromatic heterocycles. The first-order chi connectivity index (χ1) is 15.9. The summed E-state index contributed by atoms with van der Waals surface area (Å²) >= 11 is 1.30. The Balaban J connectivity index is 1.44. The summed E-state index contributed by atoms with van der Waals surface area (Å²) in [6.45, 7) is 5.95. The normalized spacial score (nSPS) is 14.5. The maximum Gasteiger partial charge on any atom is 0.288 e. The van der Waals surface area contributed by atoms with Crippen molar-refractivity contribution >= 4 is 28.0 Å². The van der Waals surface area contributed by atoms with Gasteiger partial charge in [-0.2, -0.15) is 18.3 Å². The number of anilines is 2. The zero-order chi connectivity index (χ0) is 23.0. The lowest BCUT2D eigenvalue weighted by Crippen LogP contribution is -2.26. The van der Waals surface area contributed by atoms with Gasteiger partial charge in [-0.3, -0.25) is 14.4 Å². The number of imidazole rings is 1. The molecule has 0 unspecified atom stereocenters. The van der Waals surface area contributed by atoms with Crippen molar-refractivity contribution in [2.45, 2.75) is 45.6 Å². The second kappa shape index (κ2) is 8.79. The Labute approximate surface area is 194 Å². The number of nitrogens with one attached hydrogen (secondary N) is 2. The van der Waals surface area contributed by atoms with Crippen LogP contribution < -0.4 is 5.32 Å². The molecule has 0 spiro atoms. The van der Waals surface area contributed by atoms with Gasteiger partial charge in [-0.05, 0) is 49.3 Å². The summed E-state index contributed by atoms with van der Waals surface area (Å²) in [7, 11) is 0. The van der Waals surface area contributed by atoms with E-state index in [-0.39, 0.29) is 11.5 Å². The van der Waals surface area contributed by atoms with Crippen LogP contribution >= 0.6 is 11.5 Å². The summed E-state index contributed by atoms with van der Waals surface area (Å²) in [5, 5.41) is 10.6. The van der Waals surface area contributed by atoms with Crippen molar-refractivity contribution in [2.75, 3.05) is 18.4 Å². The molecule has 0 bridgehead atoms. The molecule has 4 heterocycles. The number of rotatable bonds is 10. The van der Waals surface area contributed by atoms with E-state index in [9.17, 15) is 8.78 Å².